The molecule has 0 aromatic heterocycles. The van der Waals surface area contributed by atoms with E-state index in [1.165, 1.54) is 0 Å². The first-order chi connectivity index (χ1) is 22.6. The van der Waals surface area contributed by atoms with E-state index in [1.807, 2.05) is 20.8 Å². The lowest BCUT2D eigenvalue weighted by molar-refractivity contribution is -0.125. The number of ether oxygens (including phenoxy) is 1. The van der Waals surface area contributed by atoms with Crippen LogP contribution >= 0.6 is 69.6 Å². The number of halogens is 6. The molecule has 0 saturated carbocycles. The van der Waals surface area contributed by atoms with Crippen molar-refractivity contribution in [3.8, 4) is 0 Å². The van der Waals surface area contributed by atoms with E-state index in [0.29, 0.717) is 76.1 Å². The zero-order valence-corrected chi connectivity index (χ0v) is 31.1. The molecule has 2 fully saturated rings. The molecule has 2 aromatic rings. The van der Waals surface area contributed by atoms with Crippen molar-refractivity contribution in [2.24, 2.45) is 9.98 Å². The van der Waals surface area contributed by atoms with Crippen molar-refractivity contribution in [3.05, 3.63) is 67.6 Å². The molecule has 3 N–H and O–H groups in total. The maximum absolute atomic E-state index is 12.6. The highest BCUT2D eigenvalue weighted by atomic mass is 35.5. The van der Waals surface area contributed by atoms with Crippen molar-refractivity contribution in [3.63, 3.8) is 0 Å². The second kappa shape index (κ2) is 16.1. The van der Waals surface area contributed by atoms with Gasteiger partial charge in [-0.25, -0.2) is 4.79 Å². The minimum Gasteiger partial charge on any atom is -0.444 e. The van der Waals surface area contributed by atoms with Gasteiger partial charge < -0.3 is 25.6 Å². The van der Waals surface area contributed by atoms with E-state index in [1.54, 1.807) is 41.3 Å². The summed E-state index contributed by atoms with van der Waals surface area (Å²) in [7, 11) is 0. The average molecular weight is 781 g/mol. The van der Waals surface area contributed by atoms with Gasteiger partial charge in [-0.05, 0) is 95.9 Å². The number of amidine groups is 2. The third kappa shape index (κ3) is 9.27. The van der Waals surface area contributed by atoms with E-state index in [0.717, 1.165) is 18.7 Å². The number of nitrogens with zero attached hydrogens (tertiary/aromatic N) is 3. The molecule has 4 heterocycles. The lowest BCUT2D eigenvalue weighted by atomic mass is 9.88. The largest absolute Gasteiger partial charge is 0.444 e. The molecule has 4 aliphatic heterocycles. The molecule has 2 saturated heterocycles. The van der Waals surface area contributed by atoms with E-state index < -0.39 is 16.7 Å². The van der Waals surface area contributed by atoms with Gasteiger partial charge in [-0.3, -0.25) is 19.6 Å². The normalized spacial score (nSPS) is 19.3. The summed E-state index contributed by atoms with van der Waals surface area (Å²) in [5, 5.41) is 11.1. The van der Waals surface area contributed by atoms with Gasteiger partial charge in [0.2, 0.25) is 0 Å². The number of amides is 3. The number of carbonyl (C=O) groups is 3. The summed E-state index contributed by atoms with van der Waals surface area (Å²) in [4.78, 5) is 47.8. The summed E-state index contributed by atoms with van der Waals surface area (Å²) in [6.45, 7) is 7.91. The van der Waals surface area contributed by atoms with Crippen molar-refractivity contribution in [2.45, 2.75) is 63.1 Å². The molecule has 48 heavy (non-hydrogen) atoms. The second-order valence-electron chi connectivity index (χ2n) is 12.5. The predicted molar refractivity (Wildman–Crippen MR) is 193 cm³/mol. The smallest absolute Gasteiger partial charge is 0.410 e. The molecular formula is C32H36Cl6N6O4. The van der Waals surface area contributed by atoms with Crippen LogP contribution < -0.4 is 16.0 Å². The number of carbonyl (C=O) groups excluding carboxylic acids is 3. The van der Waals surface area contributed by atoms with E-state index >= 15 is 0 Å². The first-order valence-corrected chi connectivity index (χ1v) is 17.7. The molecule has 2 aromatic carbocycles. The van der Waals surface area contributed by atoms with E-state index in [2.05, 4.69) is 25.9 Å². The Morgan fingerprint density at radius 3 is 1.60 bits per heavy atom. The molecule has 260 valence electrons. The monoisotopic (exact) mass is 778 g/mol. The molecule has 16 heteroatoms. The Balaban J connectivity index is 0.000000208. The average Bonchev–Trinajstić information content (AvgIpc) is 3.48. The van der Waals surface area contributed by atoms with Crippen LogP contribution in [0, 0.1) is 0 Å². The minimum atomic E-state index is -0.864. The zero-order valence-electron chi connectivity index (χ0n) is 26.6. The van der Waals surface area contributed by atoms with Crippen molar-refractivity contribution in [1.82, 2.24) is 20.9 Å². The van der Waals surface area contributed by atoms with E-state index in [4.69, 9.17) is 74.3 Å². The summed E-state index contributed by atoms with van der Waals surface area (Å²) < 4.78 is 5.39. The number of hydrogen-bond acceptors (Lipinski definition) is 7. The third-order valence-corrected chi connectivity index (χ3v) is 9.10. The van der Waals surface area contributed by atoms with Crippen LogP contribution in [0.3, 0.4) is 0 Å². The topological polar surface area (TPSA) is 124 Å². The summed E-state index contributed by atoms with van der Waals surface area (Å²) in [6.07, 6.45) is 1.94. The Hall–Kier alpha value is -2.31. The molecule has 2 spiro atoms. The van der Waals surface area contributed by atoms with Crippen molar-refractivity contribution >= 4 is 99.2 Å². The second-order valence-corrected chi connectivity index (χ2v) is 15.0. The lowest BCUT2D eigenvalue weighted by Crippen LogP contribution is -2.51. The fourth-order valence-electron chi connectivity index (χ4n) is 5.56. The standard InChI is InChI=1S/C18H21Cl2N3O3.C13H13Cl2N3O.CH2Cl2/c1-17(2,3)26-16(25)23-8-6-18(7-9-23)15(24)21-14(22-18)12-5-4-11(19)10-13(12)20;14-8-1-2-9(10(15)7-8)11-17-12(19)13(18-11)3-5-16-6-4-13;2-1-3/h4-5,10H,6-9H2,1-3H3,(H,21,22,24);1-2,7,16H,3-6H2,(H,17,18,19);1H2. The summed E-state index contributed by atoms with van der Waals surface area (Å²) in [6, 6.07) is 10.2. The number of alkyl halides is 2. The first-order valence-electron chi connectivity index (χ1n) is 15.2. The minimum absolute atomic E-state index is 0.0324. The van der Waals surface area contributed by atoms with E-state index in [9.17, 15) is 14.4 Å². The van der Waals surface area contributed by atoms with Crippen LogP contribution in [0.25, 0.3) is 0 Å². The van der Waals surface area contributed by atoms with Gasteiger partial charge in [0.15, 0.2) is 0 Å². The Bertz CT molecular complexity index is 1600. The highest BCUT2D eigenvalue weighted by molar-refractivity contribution is 6.40. The number of nitrogens with one attached hydrogen (secondary N) is 3. The van der Waals surface area contributed by atoms with Crippen LogP contribution in [0.4, 0.5) is 4.79 Å². The summed E-state index contributed by atoms with van der Waals surface area (Å²) in [5.74, 6) is 0.799. The van der Waals surface area contributed by atoms with Gasteiger partial charge >= 0.3 is 6.09 Å². The Morgan fingerprint density at radius 2 is 1.21 bits per heavy atom. The fourth-order valence-corrected chi connectivity index (χ4v) is 6.55. The van der Waals surface area contributed by atoms with Gasteiger partial charge in [0.05, 0.1) is 15.4 Å². The number of rotatable bonds is 2. The van der Waals surface area contributed by atoms with Crippen LogP contribution in [0.15, 0.2) is 46.4 Å². The molecular weight excluding hydrogens is 745 g/mol. The zero-order chi connectivity index (χ0) is 35.3. The molecule has 0 unspecified atom stereocenters. The van der Waals surface area contributed by atoms with Crippen LogP contribution in [-0.4, -0.2) is 82.7 Å². The maximum atomic E-state index is 12.6. The van der Waals surface area contributed by atoms with Crippen LogP contribution in [-0.2, 0) is 14.3 Å². The Labute approximate surface area is 309 Å². The Morgan fingerprint density at radius 1 is 0.792 bits per heavy atom. The van der Waals surface area contributed by atoms with Crippen LogP contribution in [0.1, 0.15) is 57.6 Å². The van der Waals surface area contributed by atoms with Gasteiger partial charge in [0.1, 0.15) is 28.4 Å². The van der Waals surface area contributed by atoms with Crippen molar-refractivity contribution in [1.29, 1.82) is 0 Å². The molecule has 3 amide bonds. The van der Waals surface area contributed by atoms with Gasteiger partial charge in [0.25, 0.3) is 11.8 Å². The molecule has 6 rings (SSSR count). The Kier molecular flexibility index (Phi) is 12.9. The summed E-state index contributed by atoms with van der Waals surface area (Å²) in [5.41, 5.74) is -0.681. The lowest BCUT2D eigenvalue weighted by Gasteiger charge is -2.36. The number of aliphatic imine (C=N–C) groups is 2. The SMILES string of the molecule is CC(C)(C)OC(=O)N1CCC2(CC1)N=C(c1ccc(Cl)cc1Cl)NC2=O.ClCCl.O=C1NC(c2ccc(Cl)cc2Cl)=NC12CCNCC2. The highest BCUT2D eigenvalue weighted by Gasteiger charge is 2.47. The van der Waals surface area contributed by atoms with Gasteiger partial charge in [0, 0.05) is 34.3 Å². The molecule has 0 radical (unpaired) electrons. The van der Waals surface area contributed by atoms with Crippen LogP contribution in [0.2, 0.25) is 20.1 Å². The highest BCUT2D eigenvalue weighted by Crippen LogP contribution is 2.34. The number of piperidine rings is 2. The molecule has 4 aliphatic rings. The predicted octanol–water partition coefficient (Wildman–Crippen LogP) is 7.05. The van der Waals surface area contributed by atoms with Gasteiger partial charge in [-0.1, -0.05) is 46.4 Å². The van der Waals surface area contributed by atoms with Crippen LogP contribution in [0.5, 0.6) is 0 Å². The van der Waals surface area contributed by atoms with Crippen molar-refractivity contribution in [2.75, 3.05) is 31.5 Å². The number of likely N-dealkylation sites (tertiary alicyclic amines) is 1. The quantitative estimate of drug-likeness (QED) is 0.282. The molecule has 0 atom stereocenters. The van der Waals surface area contributed by atoms with Gasteiger partial charge in [-0.2, -0.15) is 0 Å². The molecule has 10 nitrogen and oxygen atoms in total. The molecule has 0 bridgehead atoms. The van der Waals surface area contributed by atoms with E-state index in [-0.39, 0.29) is 23.2 Å². The van der Waals surface area contributed by atoms with Crippen molar-refractivity contribution < 1.29 is 19.1 Å². The first kappa shape index (κ1) is 38.5. The third-order valence-electron chi connectivity index (χ3n) is 8.01. The summed E-state index contributed by atoms with van der Waals surface area (Å²) >= 11 is 33.7. The molecule has 0 aliphatic carbocycles. The fraction of sp³-hybridized carbons (Fsp3) is 0.469. The van der Waals surface area contributed by atoms with Gasteiger partial charge in [-0.15, -0.1) is 23.2 Å². The number of benzene rings is 2. The number of hydrogen-bond donors (Lipinski definition) is 3. The maximum Gasteiger partial charge on any atom is 0.410 e.